The first kappa shape index (κ1) is 20.3. The van der Waals surface area contributed by atoms with Gasteiger partial charge in [0.15, 0.2) is 11.8 Å². The normalized spacial score (nSPS) is 11.9. The molecule has 0 saturated heterocycles. The van der Waals surface area contributed by atoms with E-state index < -0.39 is 18.0 Å². The molecule has 1 atom stereocenters. The van der Waals surface area contributed by atoms with E-state index in [4.69, 9.17) is 14.1 Å². The number of amides is 1. The minimum absolute atomic E-state index is 0.217. The standard InChI is InChI=1S/C23H22N4O4/c1-3-27-21-19(14-25-27)18(12-20(26-21)16-8-5-4-6-9-16)23(29)31-15(2)22(28)24-13-17-10-7-11-30-17/h4-12,14-15H,3,13H2,1-2H3,(H,24,28)/t15-/m0/s1. The zero-order valence-corrected chi connectivity index (χ0v) is 17.2. The predicted octanol–water partition coefficient (Wildman–Crippen LogP) is 3.57. The molecule has 0 aliphatic heterocycles. The molecule has 1 amide bonds. The Kier molecular flexibility index (Phi) is 5.79. The van der Waals surface area contributed by atoms with E-state index in [2.05, 4.69) is 10.4 Å². The monoisotopic (exact) mass is 418 g/mol. The van der Waals surface area contributed by atoms with Crippen LogP contribution in [0, 0.1) is 0 Å². The fourth-order valence-corrected chi connectivity index (χ4v) is 3.21. The predicted molar refractivity (Wildman–Crippen MR) is 114 cm³/mol. The van der Waals surface area contributed by atoms with Gasteiger partial charge in [0.1, 0.15) is 5.76 Å². The first-order valence-corrected chi connectivity index (χ1v) is 10.00. The van der Waals surface area contributed by atoms with E-state index in [0.717, 1.165) is 5.56 Å². The number of nitrogens with zero attached hydrogens (tertiary/aromatic N) is 3. The van der Waals surface area contributed by atoms with Crippen LogP contribution in [0.1, 0.15) is 30.0 Å². The fourth-order valence-electron chi connectivity index (χ4n) is 3.21. The van der Waals surface area contributed by atoms with Gasteiger partial charge in [-0.05, 0) is 32.0 Å². The summed E-state index contributed by atoms with van der Waals surface area (Å²) in [5.74, 6) is -0.411. The van der Waals surface area contributed by atoms with Crippen LogP contribution in [-0.2, 0) is 22.6 Å². The smallest absolute Gasteiger partial charge is 0.339 e. The van der Waals surface area contributed by atoms with Crippen molar-refractivity contribution < 1.29 is 18.7 Å². The Labute approximate surface area is 178 Å². The van der Waals surface area contributed by atoms with Gasteiger partial charge in [0.2, 0.25) is 0 Å². The van der Waals surface area contributed by atoms with E-state index in [1.165, 1.54) is 13.2 Å². The SMILES string of the molecule is CCn1ncc2c(C(=O)O[C@@H](C)C(=O)NCc3ccco3)cc(-c3ccccc3)nc21. The van der Waals surface area contributed by atoms with Gasteiger partial charge < -0.3 is 14.5 Å². The van der Waals surface area contributed by atoms with Gasteiger partial charge in [-0.1, -0.05) is 30.3 Å². The second-order valence-electron chi connectivity index (χ2n) is 6.96. The number of aryl methyl sites for hydroxylation is 1. The van der Waals surface area contributed by atoms with Gasteiger partial charge in [-0.15, -0.1) is 0 Å². The Balaban J connectivity index is 1.59. The quantitative estimate of drug-likeness (QED) is 0.461. The van der Waals surface area contributed by atoms with Gasteiger partial charge in [0, 0.05) is 12.1 Å². The number of rotatable bonds is 7. The first-order chi connectivity index (χ1) is 15.1. The lowest BCUT2D eigenvalue weighted by molar-refractivity contribution is -0.129. The van der Waals surface area contributed by atoms with Crippen molar-refractivity contribution >= 4 is 22.9 Å². The number of aromatic nitrogens is 3. The summed E-state index contributed by atoms with van der Waals surface area (Å²) >= 11 is 0. The first-order valence-electron chi connectivity index (χ1n) is 10.00. The molecule has 158 valence electrons. The molecule has 0 bridgehead atoms. The molecule has 4 rings (SSSR count). The number of fused-ring (bicyclic) bond motifs is 1. The fraction of sp³-hybridized carbons (Fsp3) is 0.217. The van der Waals surface area contributed by atoms with Crippen molar-refractivity contribution in [2.75, 3.05) is 0 Å². The maximum Gasteiger partial charge on any atom is 0.339 e. The van der Waals surface area contributed by atoms with Crippen molar-refractivity contribution in [1.82, 2.24) is 20.1 Å². The molecule has 0 aliphatic carbocycles. The zero-order chi connectivity index (χ0) is 21.8. The second kappa shape index (κ2) is 8.83. The lowest BCUT2D eigenvalue weighted by atomic mass is 10.1. The van der Waals surface area contributed by atoms with Crippen molar-refractivity contribution in [2.24, 2.45) is 0 Å². The van der Waals surface area contributed by atoms with Crippen LogP contribution in [0.2, 0.25) is 0 Å². The van der Waals surface area contributed by atoms with Crippen LogP contribution < -0.4 is 5.32 Å². The third kappa shape index (κ3) is 4.32. The van der Waals surface area contributed by atoms with Crippen LogP contribution in [-0.4, -0.2) is 32.7 Å². The minimum atomic E-state index is -0.980. The van der Waals surface area contributed by atoms with Gasteiger partial charge >= 0.3 is 5.97 Å². The van der Waals surface area contributed by atoms with Gasteiger partial charge in [0.05, 0.1) is 35.6 Å². The van der Waals surface area contributed by atoms with Crippen LogP contribution in [0.4, 0.5) is 0 Å². The molecule has 3 heterocycles. The van der Waals surface area contributed by atoms with E-state index in [1.807, 2.05) is 37.3 Å². The molecule has 0 spiro atoms. The molecule has 3 aromatic heterocycles. The molecule has 0 radical (unpaired) electrons. The van der Waals surface area contributed by atoms with E-state index in [0.29, 0.717) is 34.6 Å². The van der Waals surface area contributed by atoms with E-state index in [1.54, 1.807) is 29.1 Å². The average Bonchev–Trinajstić information content (AvgIpc) is 3.46. The number of esters is 1. The Morgan fingerprint density at radius 1 is 1.19 bits per heavy atom. The Bertz CT molecular complexity index is 1200. The maximum atomic E-state index is 13.0. The van der Waals surface area contributed by atoms with Crippen molar-refractivity contribution in [3.8, 4) is 11.3 Å². The third-order valence-corrected chi connectivity index (χ3v) is 4.87. The summed E-state index contributed by atoms with van der Waals surface area (Å²) in [5, 5.41) is 7.59. The summed E-state index contributed by atoms with van der Waals surface area (Å²) in [6.45, 7) is 4.30. The van der Waals surface area contributed by atoms with Crippen molar-refractivity contribution in [1.29, 1.82) is 0 Å². The molecule has 4 aromatic rings. The summed E-state index contributed by atoms with van der Waals surface area (Å²) < 4.78 is 12.4. The lowest BCUT2D eigenvalue weighted by Crippen LogP contribution is -2.35. The Hall–Kier alpha value is -3.94. The lowest BCUT2D eigenvalue weighted by Gasteiger charge is -2.14. The van der Waals surface area contributed by atoms with Crippen LogP contribution in [0.25, 0.3) is 22.3 Å². The second-order valence-corrected chi connectivity index (χ2v) is 6.96. The van der Waals surface area contributed by atoms with Gasteiger partial charge in [-0.2, -0.15) is 5.10 Å². The number of carbonyl (C=O) groups is 2. The third-order valence-electron chi connectivity index (χ3n) is 4.87. The van der Waals surface area contributed by atoms with Gasteiger partial charge in [-0.3, -0.25) is 4.79 Å². The number of furan rings is 1. The highest BCUT2D eigenvalue weighted by Gasteiger charge is 2.23. The molecule has 1 aromatic carbocycles. The molecule has 31 heavy (non-hydrogen) atoms. The minimum Gasteiger partial charge on any atom is -0.467 e. The van der Waals surface area contributed by atoms with Crippen LogP contribution in [0.3, 0.4) is 0 Å². The molecule has 0 fully saturated rings. The van der Waals surface area contributed by atoms with Crippen molar-refractivity contribution in [2.45, 2.75) is 33.0 Å². The molecule has 0 aliphatic rings. The highest BCUT2D eigenvalue weighted by molar-refractivity contribution is 6.04. The van der Waals surface area contributed by atoms with Crippen LogP contribution in [0.5, 0.6) is 0 Å². The number of pyridine rings is 1. The molecular weight excluding hydrogens is 396 g/mol. The Morgan fingerprint density at radius 3 is 2.71 bits per heavy atom. The molecular formula is C23H22N4O4. The average molecular weight is 418 g/mol. The number of carbonyl (C=O) groups excluding carboxylic acids is 2. The van der Waals surface area contributed by atoms with Crippen molar-refractivity contribution in [3.05, 3.63) is 72.3 Å². The molecule has 0 saturated carbocycles. The van der Waals surface area contributed by atoms with Gasteiger partial charge in [0.25, 0.3) is 5.91 Å². The molecule has 8 nitrogen and oxygen atoms in total. The number of ether oxygens (including phenoxy) is 1. The molecule has 1 N–H and O–H groups in total. The maximum absolute atomic E-state index is 13.0. The summed E-state index contributed by atoms with van der Waals surface area (Å²) in [6.07, 6.45) is 2.14. The summed E-state index contributed by atoms with van der Waals surface area (Å²) in [4.78, 5) is 30.0. The number of hydrogen-bond donors (Lipinski definition) is 1. The Morgan fingerprint density at radius 2 is 2.00 bits per heavy atom. The van der Waals surface area contributed by atoms with Crippen LogP contribution in [0.15, 0.2) is 65.4 Å². The number of nitrogens with one attached hydrogen (secondary N) is 1. The highest BCUT2D eigenvalue weighted by atomic mass is 16.5. The number of hydrogen-bond acceptors (Lipinski definition) is 6. The summed E-state index contributed by atoms with van der Waals surface area (Å²) in [6, 6.07) is 14.7. The summed E-state index contributed by atoms with van der Waals surface area (Å²) in [7, 11) is 0. The van der Waals surface area contributed by atoms with Crippen LogP contribution >= 0.6 is 0 Å². The largest absolute Gasteiger partial charge is 0.467 e. The van der Waals surface area contributed by atoms with E-state index in [-0.39, 0.29) is 6.54 Å². The molecule has 8 heteroatoms. The van der Waals surface area contributed by atoms with Gasteiger partial charge in [-0.25, -0.2) is 14.5 Å². The highest BCUT2D eigenvalue weighted by Crippen LogP contribution is 2.25. The summed E-state index contributed by atoms with van der Waals surface area (Å²) in [5.41, 5.74) is 2.40. The van der Waals surface area contributed by atoms with E-state index >= 15 is 0 Å². The van der Waals surface area contributed by atoms with E-state index in [9.17, 15) is 9.59 Å². The van der Waals surface area contributed by atoms with Crippen molar-refractivity contribution in [3.63, 3.8) is 0 Å². The number of benzene rings is 1. The molecule has 0 unspecified atom stereocenters. The topological polar surface area (TPSA) is 99.2 Å². The zero-order valence-electron chi connectivity index (χ0n) is 17.2.